The van der Waals surface area contributed by atoms with Gasteiger partial charge in [-0.3, -0.25) is 19.3 Å². The maximum Gasteiger partial charge on any atom is 0.244 e. The van der Waals surface area contributed by atoms with Crippen LogP contribution in [0.25, 0.3) is 0 Å². The van der Waals surface area contributed by atoms with Crippen molar-refractivity contribution in [3.63, 3.8) is 0 Å². The van der Waals surface area contributed by atoms with E-state index in [0.717, 1.165) is 17.0 Å². The van der Waals surface area contributed by atoms with Gasteiger partial charge in [0.05, 0.1) is 11.4 Å². The van der Waals surface area contributed by atoms with E-state index >= 15 is 0 Å². The summed E-state index contributed by atoms with van der Waals surface area (Å²) >= 11 is 0. The number of carbonyl (C=O) groups is 3. The summed E-state index contributed by atoms with van der Waals surface area (Å²) in [6.07, 6.45) is 0.260. The Bertz CT molecular complexity index is 543. The third-order valence-electron chi connectivity index (χ3n) is 2.74. The molecule has 3 N–H and O–H groups in total. The first kappa shape index (κ1) is 13.0. The number of imide groups is 1. The highest BCUT2D eigenvalue weighted by atomic mass is 19.1. The van der Waals surface area contributed by atoms with Crippen LogP contribution in [0.3, 0.4) is 0 Å². The van der Waals surface area contributed by atoms with Gasteiger partial charge in [-0.2, -0.15) is 0 Å². The van der Waals surface area contributed by atoms with Gasteiger partial charge in [0.2, 0.25) is 17.7 Å². The predicted molar refractivity (Wildman–Crippen MR) is 65.4 cm³/mol. The molecule has 1 fully saturated rings. The zero-order valence-corrected chi connectivity index (χ0v) is 9.98. The molecule has 7 heteroatoms. The lowest BCUT2D eigenvalue weighted by Gasteiger charge is -2.14. The summed E-state index contributed by atoms with van der Waals surface area (Å²) in [6, 6.07) is 3.54. The average molecular weight is 265 g/mol. The zero-order chi connectivity index (χ0) is 14.0. The molecule has 0 bridgehead atoms. The SMILES string of the molecule is Nc1cc(F)ccc1NC(=O)CN1C(=O)CCC1=O. The molecule has 1 saturated heterocycles. The van der Waals surface area contributed by atoms with E-state index in [-0.39, 0.29) is 42.6 Å². The second-order valence-corrected chi connectivity index (χ2v) is 4.15. The molecule has 0 aromatic heterocycles. The quantitative estimate of drug-likeness (QED) is 0.614. The second-order valence-electron chi connectivity index (χ2n) is 4.15. The van der Waals surface area contributed by atoms with Gasteiger partial charge in [-0.15, -0.1) is 0 Å². The lowest BCUT2D eigenvalue weighted by molar-refractivity contribution is -0.141. The van der Waals surface area contributed by atoms with Gasteiger partial charge >= 0.3 is 0 Å². The lowest BCUT2D eigenvalue weighted by atomic mass is 10.2. The van der Waals surface area contributed by atoms with Crippen molar-refractivity contribution in [2.45, 2.75) is 12.8 Å². The minimum atomic E-state index is -0.554. The standard InChI is InChI=1S/C12H12FN3O3/c13-7-1-2-9(8(14)5-7)15-10(17)6-16-11(18)3-4-12(16)19/h1-2,5H,3-4,6,14H2,(H,15,17). The van der Waals surface area contributed by atoms with E-state index in [4.69, 9.17) is 5.73 Å². The highest BCUT2D eigenvalue weighted by molar-refractivity contribution is 6.06. The molecule has 1 aromatic carbocycles. The van der Waals surface area contributed by atoms with Crippen LogP contribution in [0, 0.1) is 5.82 Å². The zero-order valence-electron chi connectivity index (χ0n) is 9.98. The fourth-order valence-electron chi connectivity index (χ4n) is 1.78. The van der Waals surface area contributed by atoms with Crippen LogP contribution < -0.4 is 11.1 Å². The van der Waals surface area contributed by atoms with E-state index in [2.05, 4.69) is 5.32 Å². The Labute approximate surface area is 108 Å². The number of rotatable bonds is 3. The number of amides is 3. The number of likely N-dealkylation sites (tertiary alicyclic amines) is 1. The molecule has 19 heavy (non-hydrogen) atoms. The van der Waals surface area contributed by atoms with Crippen LogP contribution >= 0.6 is 0 Å². The van der Waals surface area contributed by atoms with Crippen LogP contribution in [0.4, 0.5) is 15.8 Å². The summed E-state index contributed by atoms with van der Waals surface area (Å²) in [6.45, 7) is -0.353. The van der Waals surface area contributed by atoms with E-state index in [1.54, 1.807) is 0 Å². The lowest BCUT2D eigenvalue weighted by Crippen LogP contribution is -2.37. The van der Waals surface area contributed by atoms with Crippen LogP contribution in [0.15, 0.2) is 18.2 Å². The van der Waals surface area contributed by atoms with Crippen LogP contribution in [0.2, 0.25) is 0 Å². The van der Waals surface area contributed by atoms with E-state index in [1.807, 2.05) is 0 Å². The van der Waals surface area contributed by atoms with Gasteiger partial charge in [0.15, 0.2) is 0 Å². The Kier molecular flexibility index (Phi) is 3.46. The summed E-state index contributed by atoms with van der Waals surface area (Å²) in [5.41, 5.74) is 5.85. The number of nitrogens with two attached hydrogens (primary N) is 1. The Morgan fingerprint density at radius 1 is 1.32 bits per heavy atom. The molecule has 0 atom stereocenters. The molecule has 0 unspecified atom stereocenters. The van der Waals surface area contributed by atoms with Gasteiger partial charge in [0.1, 0.15) is 12.4 Å². The first-order chi connectivity index (χ1) is 8.97. The highest BCUT2D eigenvalue weighted by Crippen LogP contribution is 2.19. The summed E-state index contributed by atoms with van der Waals surface area (Å²) in [5.74, 6) is -1.80. The normalized spacial score (nSPS) is 14.9. The van der Waals surface area contributed by atoms with Gasteiger partial charge in [-0.05, 0) is 18.2 Å². The number of carbonyl (C=O) groups excluding carboxylic acids is 3. The monoisotopic (exact) mass is 265 g/mol. The number of benzene rings is 1. The number of nitrogen functional groups attached to an aromatic ring is 1. The van der Waals surface area contributed by atoms with Crippen molar-refractivity contribution < 1.29 is 18.8 Å². The van der Waals surface area contributed by atoms with E-state index in [1.165, 1.54) is 6.07 Å². The van der Waals surface area contributed by atoms with Crippen molar-refractivity contribution in [2.24, 2.45) is 0 Å². The molecule has 100 valence electrons. The molecule has 0 aliphatic carbocycles. The minimum absolute atomic E-state index is 0.0763. The average Bonchev–Trinajstić information content (AvgIpc) is 2.65. The van der Waals surface area contributed by atoms with E-state index in [0.29, 0.717) is 0 Å². The largest absolute Gasteiger partial charge is 0.397 e. The Morgan fingerprint density at radius 3 is 2.53 bits per heavy atom. The van der Waals surface area contributed by atoms with E-state index < -0.39 is 11.7 Å². The predicted octanol–water partition coefficient (Wildman–Crippen LogP) is 0.495. The molecule has 1 aromatic rings. The fraction of sp³-hybridized carbons (Fsp3) is 0.250. The van der Waals surface area contributed by atoms with Gasteiger partial charge in [0.25, 0.3) is 0 Å². The number of hydrogen-bond donors (Lipinski definition) is 2. The van der Waals surface area contributed by atoms with Crippen molar-refractivity contribution in [1.82, 2.24) is 4.90 Å². The first-order valence-corrected chi connectivity index (χ1v) is 5.65. The molecule has 3 amide bonds. The third-order valence-corrected chi connectivity index (χ3v) is 2.74. The maximum absolute atomic E-state index is 12.8. The van der Waals surface area contributed by atoms with E-state index in [9.17, 15) is 18.8 Å². The van der Waals surface area contributed by atoms with Crippen molar-refractivity contribution in [3.05, 3.63) is 24.0 Å². The third kappa shape index (κ3) is 2.87. The summed E-state index contributed by atoms with van der Waals surface area (Å²) in [4.78, 5) is 35.3. The second kappa shape index (κ2) is 5.05. The molecule has 0 saturated carbocycles. The van der Waals surface area contributed by atoms with Crippen molar-refractivity contribution in [1.29, 1.82) is 0 Å². The molecule has 2 rings (SSSR count). The molecule has 1 heterocycles. The molecule has 0 spiro atoms. The van der Waals surface area contributed by atoms with Crippen molar-refractivity contribution in [2.75, 3.05) is 17.6 Å². The molecule has 0 radical (unpaired) electrons. The van der Waals surface area contributed by atoms with Crippen LogP contribution in [0.5, 0.6) is 0 Å². The van der Waals surface area contributed by atoms with Gasteiger partial charge < -0.3 is 11.1 Å². The molecule has 1 aliphatic rings. The summed E-state index contributed by atoms with van der Waals surface area (Å²) in [5, 5.41) is 2.43. The van der Waals surface area contributed by atoms with Crippen LogP contribution in [-0.4, -0.2) is 29.2 Å². The van der Waals surface area contributed by atoms with Gasteiger partial charge in [-0.25, -0.2) is 4.39 Å². The number of halogens is 1. The maximum atomic E-state index is 12.8. The van der Waals surface area contributed by atoms with Gasteiger partial charge in [0, 0.05) is 12.8 Å². The number of anilines is 2. The Hall–Kier alpha value is -2.44. The molecular formula is C12H12FN3O3. The molecular weight excluding hydrogens is 253 g/mol. The first-order valence-electron chi connectivity index (χ1n) is 5.65. The highest BCUT2D eigenvalue weighted by Gasteiger charge is 2.30. The molecule has 1 aliphatic heterocycles. The Balaban J connectivity index is 2.01. The fourth-order valence-corrected chi connectivity index (χ4v) is 1.78. The van der Waals surface area contributed by atoms with Gasteiger partial charge in [-0.1, -0.05) is 0 Å². The number of hydrogen-bond acceptors (Lipinski definition) is 4. The van der Waals surface area contributed by atoms with Crippen molar-refractivity contribution in [3.8, 4) is 0 Å². The topological polar surface area (TPSA) is 92.5 Å². The minimum Gasteiger partial charge on any atom is -0.397 e. The van der Waals surface area contributed by atoms with Crippen LogP contribution in [0.1, 0.15) is 12.8 Å². The summed E-state index contributed by atoms with van der Waals surface area (Å²) < 4.78 is 12.8. The Morgan fingerprint density at radius 2 is 1.95 bits per heavy atom. The van der Waals surface area contributed by atoms with Crippen LogP contribution in [-0.2, 0) is 14.4 Å². The summed E-state index contributed by atoms with van der Waals surface area (Å²) in [7, 11) is 0. The number of nitrogens with one attached hydrogen (secondary N) is 1. The van der Waals surface area contributed by atoms with Crippen molar-refractivity contribution >= 4 is 29.1 Å². The smallest absolute Gasteiger partial charge is 0.244 e. The molecule has 6 nitrogen and oxygen atoms in total. The number of nitrogens with zero attached hydrogens (tertiary/aromatic N) is 1.